The van der Waals surface area contributed by atoms with Crippen LogP contribution in [0.3, 0.4) is 0 Å². The molecule has 9 heteroatoms. The summed E-state index contributed by atoms with van der Waals surface area (Å²) < 4.78 is 1.50. The van der Waals surface area contributed by atoms with Gasteiger partial charge in [-0.15, -0.1) is 24.8 Å². The summed E-state index contributed by atoms with van der Waals surface area (Å²) in [5, 5.41) is 4.47. The third-order valence-corrected chi connectivity index (χ3v) is 3.89. The van der Waals surface area contributed by atoms with Crippen LogP contribution in [0.4, 0.5) is 0 Å². The number of carbonyl (C=O) groups is 1. The number of carbonyl (C=O) groups excluding carboxylic acids is 1. The Labute approximate surface area is 153 Å². The Morgan fingerprint density at radius 3 is 2.65 bits per heavy atom. The van der Waals surface area contributed by atoms with Gasteiger partial charge in [-0.05, 0) is 18.4 Å². The molecule has 0 aliphatic heterocycles. The van der Waals surface area contributed by atoms with Gasteiger partial charge in [-0.25, -0.2) is 9.50 Å². The van der Waals surface area contributed by atoms with Crippen LogP contribution in [0.1, 0.15) is 30.8 Å². The minimum Gasteiger partial charge on any atom is -0.340 e. The predicted molar refractivity (Wildman–Crippen MR) is 96.9 cm³/mol. The van der Waals surface area contributed by atoms with E-state index in [2.05, 4.69) is 23.9 Å². The van der Waals surface area contributed by atoms with Gasteiger partial charge in [-0.2, -0.15) is 5.10 Å². The normalized spacial score (nSPS) is 11.7. The highest BCUT2D eigenvalue weighted by Crippen LogP contribution is 2.21. The summed E-state index contributed by atoms with van der Waals surface area (Å²) >= 11 is 6.19. The Hall–Kier alpha value is -1.08. The molecule has 0 spiro atoms. The summed E-state index contributed by atoms with van der Waals surface area (Å²) in [5.74, 6) is 0.165. The Bertz CT molecular complexity index is 646. The quantitative estimate of drug-likeness (QED) is 0.862. The van der Waals surface area contributed by atoms with Gasteiger partial charge in [0, 0.05) is 32.0 Å². The van der Waals surface area contributed by atoms with Crippen molar-refractivity contribution in [2.45, 2.75) is 26.3 Å². The van der Waals surface area contributed by atoms with Crippen LogP contribution < -0.4 is 5.73 Å². The highest BCUT2D eigenvalue weighted by atomic mass is 35.5. The van der Waals surface area contributed by atoms with Gasteiger partial charge in [0.1, 0.15) is 5.02 Å². The number of fused-ring (bicyclic) bond motifs is 1. The molecule has 0 saturated heterocycles. The van der Waals surface area contributed by atoms with Crippen LogP contribution in [0.2, 0.25) is 5.02 Å². The molecule has 6 nitrogen and oxygen atoms in total. The van der Waals surface area contributed by atoms with E-state index in [0.717, 1.165) is 6.42 Å². The molecule has 0 aliphatic carbocycles. The SMILES string of the molecule is CC(C)[C@@H](N)CCN(C)C(=O)c1nn2cccnc2c1Cl.Cl.Cl. The van der Waals surface area contributed by atoms with Crippen LogP contribution in [-0.4, -0.2) is 45.0 Å². The first-order chi connectivity index (χ1) is 9.91. The van der Waals surface area contributed by atoms with Crippen molar-refractivity contribution in [3.63, 3.8) is 0 Å². The zero-order valence-electron chi connectivity index (χ0n) is 13.3. The lowest BCUT2D eigenvalue weighted by Crippen LogP contribution is -2.34. The molecule has 0 aromatic carbocycles. The van der Waals surface area contributed by atoms with Gasteiger partial charge in [0.25, 0.3) is 5.91 Å². The van der Waals surface area contributed by atoms with Crippen LogP contribution in [0.25, 0.3) is 5.65 Å². The van der Waals surface area contributed by atoms with Gasteiger partial charge in [-0.3, -0.25) is 4.79 Å². The first-order valence-electron chi connectivity index (χ1n) is 6.91. The van der Waals surface area contributed by atoms with Crippen LogP contribution in [0.15, 0.2) is 18.5 Å². The maximum atomic E-state index is 12.4. The average Bonchev–Trinajstić information content (AvgIpc) is 2.81. The van der Waals surface area contributed by atoms with Crippen molar-refractivity contribution in [1.29, 1.82) is 0 Å². The van der Waals surface area contributed by atoms with Crippen LogP contribution in [0, 0.1) is 5.92 Å². The molecule has 2 aromatic rings. The van der Waals surface area contributed by atoms with E-state index >= 15 is 0 Å². The fraction of sp³-hybridized carbons (Fsp3) is 0.500. The van der Waals surface area contributed by atoms with Crippen molar-refractivity contribution in [2.75, 3.05) is 13.6 Å². The van der Waals surface area contributed by atoms with Gasteiger partial charge in [0.2, 0.25) is 0 Å². The number of nitrogens with zero attached hydrogens (tertiary/aromatic N) is 4. The molecule has 130 valence electrons. The second-order valence-corrected chi connectivity index (χ2v) is 5.85. The number of rotatable bonds is 5. The molecule has 1 amide bonds. The summed E-state index contributed by atoms with van der Waals surface area (Å²) in [5.41, 5.74) is 6.70. The first kappa shape index (κ1) is 21.9. The fourth-order valence-electron chi connectivity index (χ4n) is 1.95. The van der Waals surface area contributed by atoms with Crippen molar-refractivity contribution >= 4 is 48.0 Å². The van der Waals surface area contributed by atoms with E-state index in [0.29, 0.717) is 18.1 Å². The van der Waals surface area contributed by atoms with E-state index in [1.165, 1.54) is 4.52 Å². The van der Waals surface area contributed by atoms with Gasteiger partial charge >= 0.3 is 0 Å². The molecule has 0 bridgehead atoms. The van der Waals surface area contributed by atoms with Gasteiger partial charge < -0.3 is 10.6 Å². The Morgan fingerprint density at radius 1 is 1.43 bits per heavy atom. The molecule has 0 radical (unpaired) electrons. The first-order valence-corrected chi connectivity index (χ1v) is 7.29. The predicted octanol–water partition coefficient (Wildman–Crippen LogP) is 2.67. The number of hydrogen-bond donors (Lipinski definition) is 1. The number of aromatic nitrogens is 3. The fourth-order valence-corrected chi connectivity index (χ4v) is 2.21. The molecule has 0 fully saturated rings. The topological polar surface area (TPSA) is 76.5 Å². The van der Waals surface area contributed by atoms with Crippen LogP contribution >= 0.6 is 36.4 Å². The highest BCUT2D eigenvalue weighted by Gasteiger charge is 2.22. The van der Waals surface area contributed by atoms with Crippen molar-refractivity contribution in [1.82, 2.24) is 19.5 Å². The van der Waals surface area contributed by atoms with Gasteiger partial charge in [0.15, 0.2) is 11.3 Å². The monoisotopic (exact) mass is 381 g/mol. The molecular formula is C14H22Cl3N5O. The average molecular weight is 383 g/mol. The molecule has 23 heavy (non-hydrogen) atoms. The van der Waals surface area contributed by atoms with Crippen molar-refractivity contribution < 1.29 is 4.79 Å². The molecule has 2 N–H and O–H groups in total. The number of amides is 1. The van der Waals surface area contributed by atoms with E-state index in [-0.39, 0.29) is 47.5 Å². The Morgan fingerprint density at radius 2 is 2.09 bits per heavy atom. The number of nitrogens with two attached hydrogens (primary N) is 1. The molecule has 0 saturated carbocycles. The second kappa shape index (κ2) is 9.27. The Balaban J connectivity index is 0.00000242. The third-order valence-electron chi connectivity index (χ3n) is 3.54. The summed E-state index contributed by atoms with van der Waals surface area (Å²) in [4.78, 5) is 18.1. The number of hydrogen-bond acceptors (Lipinski definition) is 4. The van der Waals surface area contributed by atoms with E-state index in [4.69, 9.17) is 17.3 Å². The summed E-state index contributed by atoms with van der Waals surface area (Å²) in [6.07, 6.45) is 4.06. The van der Waals surface area contributed by atoms with Crippen molar-refractivity contribution in [3.8, 4) is 0 Å². The largest absolute Gasteiger partial charge is 0.340 e. The maximum Gasteiger partial charge on any atom is 0.275 e. The zero-order chi connectivity index (χ0) is 15.6. The molecular weight excluding hydrogens is 361 g/mol. The summed E-state index contributed by atoms with van der Waals surface area (Å²) in [6.45, 7) is 4.70. The van der Waals surface area contributed by atoms with E-state index in [9.17, 15) is 4.79 Å². The van der Waals surface area contributed by atoms with Crippen LogP contribution in [-0.2, 0) is 0 Å². The molecule has 2 aromatic heterocycles. The summed E-state index contributed by atoms with van der Waals surface area (Å²) in [7, 11) is 1.73. The lowest BCUT2D eigenvalue weighted by molar-refractivity contribution is 0.0783. The minimum absolute atomic E-state index is 0. The number of halogens is 3. The molecule has 0 aliphatic rings. The summed E-state index contributed by atoms with van der Waals surface area (Å²) in [6, 6.07) is 1.80. The Kier molecular flexibility index (Phi) is 8.84. The molecule has 2 rings (SSSR count). The smallest absolute Gasteiger partial charge is 0.275 e. The maximum absolute atomic E-state index is 12.4. The van der Waals surface area contributed by atoms with E-state index in [1.807, 2.05) is 0 Å². The van der Waals surface area contributed by atoms with Crippen molar-refractivity contribution in [3.05, 3.63) is 29.2 Å². The lowest BCUT2D eigenvalue weighted by atomic mass is 10.0. The standard InChI is InChI=1S/C14H20ClN5O.2ClH/c1-9(2)10(16)5-8-19(3)14(21)12-11(15)13-17-6-4-7-20(13)18-12;;/h4,6-7,9-10H,5,8,16H2,1-3H3;2*1H/t10-;;/m0../s1. The molecule has 0 unspecified atom stereocenters. The second-order valence-electron chi connectivity index (χ2n) is 5.47. The third kappa shape index (κ3) is 4.94. The molecule has 2 heterocycles. The zero-order valence-corrected chi connectivity index (χ0v) is 15.7. The van der Waals surface area contributed by atoms with E-state index in [1.54, 1.807) is 30.4 Å². The molecule has 1 atom stereocenters. The van der Waals surface area contributed by atoms with E-state index < -0.39 is 0 Å². The minimum atomic E-state index is -0.221. The lowest BCUT2D eigenvalue weighted by Gasteiger charge is -2.20. The van der Waals surface area contributed by atoms with Crippen LogP contribution in [0.5, 0.6) is 0 Å². The van der Waals surface area contributed by atoms with Gasteiger partial charge in [0.05, 0.1) is 0 Å². The van der Waals surface area contributed by atoms with Gasteiger partial charge in [-0.1, -0.05) is 25.4 Å². The van der Waals surface area contributed by atoms with Crippen molar-refractivity contribution in [2.24, 2.45) is 11.7 Å². The highest BCUT2D eigenvalue weighted by molar-refractivity contribution is 6.36.